The Morgan fingerprint density at radius 2 is 1.26 bits per heavy atom. The van der Waals surface area contributed by atoms with Gasteiger partial charge in [0.15, 0.2) is 0 Å². The molecule has 6 rings (SSSR count). The van der Waals surface area contributed by atoms with Crippen molar-refractivity contribution in [3.8, 4) is 0 Å². The van der Waals surface area contributed by atoms with E-state index in [0.717, 1.165) is 17.8 Å². The molecule has 0 N–H and O–H groups in total. The van der Waals surface area contributed by atoms with Crippen molar-refractivity contribution in [1.29, 1.82) is 0 Å². The molecular formula is C15H22O4. The van der Waals surface area contributed by atoms with Crippen molar-refractivity contribution in [2.45, 2.75) is 63.9 Å². The van der Waals surface area contributed by atoms with E-state index in [1.165, 1.54) is 38.5 Å². The summed E-state index contributed by atoms with van der Waals surface area (Å²) in [6.45, 7) is 4.07. The van der Waals surface area contributed by atoms with E-state index in [0.29, 0.717) is 0 Å². The summed E-state index contributed by atoms with van der Waals surface area (Å²) in [6, 6.07) is 0. The summed E-state index contributed by atoms with van der Waals surface area (Å²) in [7, 11) is 0. The van der Waals surface area contributed by atoms with Crippen molar-refractivity contribution in [2.24, 2.45) is 29.1 Å². The molecule has 6 aliphatic rings. The molecule has 2 saturated heterocycles. The van der Waals surface area contributed by atoms with E-state index in [9.17, 15) is 0 Å². The van der Waals surface area contributed by atoms with Gasteiger partial charge in [-0.25, -0.2) is 0 Å². The molecule has 4 saturated carbocycles. The van der Waals surface area contributed by atoms with E-state index < -0.39 is 11.6 Å². The fourth-order valence-electron chi connectivity index (χ4n) is 6.12. The average Bonchev–Trinajstić information content (AvgIpc) is 2.76. The van der Waals surface area contributed by atoms with Crippen LogP contribution in [0.1, 0.15) is 52.4 Å². The lowest BCUT2D eigenvalue weighted by molar-refractivity contribution is -0.604. The Hall–Kier alpha value is -0.160. The third-order valence-corrected chi connectivity index (χ3v) is 6.80. The van der Waals surface area contributed by atoms with Gasteiger partial charge in [0.2, 0.25) is 11.6 Å². The molecule has 19 heavy (non-hydrogen) atoms. The minimum absolute atomic E-state index is 0.120. The first-order chi connectivity index (χ1) is 9.05. The lowest BCUT2D eigenvalue weighted by atomic mass is 9.46. The highest BCUT2D eigenvalue weighted by atomic mass is 17.4. The van der Waals surface area contributed by atoms with E-state index in [4.69, 9.17) is 19.6 Å². The van der Waals surface area contributed by atoms with Gasteiger partial charge in [-0.2, -0.15) is 19.6 Å². The number of hydrogen-bond donors (Lipinski definition) is 0. The van der Waals surface area contributed by atoms with Crippen molar-refractivity contribution in [2.75, 3.05) is 0 Å². The van der Waals surface area contributed by atoms with Gasteiger partial charge in [0.05, 0.1) is 5.92 Å². The van der Waals surface area contributed by atoms with Crippen LogP contribution < -0.4 is 0 Å². The van der Waals surface area contributed by atoms with Crippen LogP contribution in [0.3, 0.4) is 0 Å². The second-order valence-electron chi connectivity index (χ2n) is 7.94. The van der Waals surface area contributed by atoms with Crippen LogP contribution in [0.15, 0.2) is 0 Å². The Kier molecular flexibility index (Phi) is 1.93. The molecule has 106 valence electrons. The van der Waals surface area contributed by atoms with E-state index in [2.05, 4.69) is 6.92 Å². The van der Waals surface area contributed by atoms with Crippen LogP contribution in [0.25, 0.3) is 0 Å². The van der Waals surface area contributed by atoms with Crippen LogP contribution >= 0.6 is 0 Å². The Balaban J connectivity index is 1.59. The molecule has 0 aromatic heterocycles. The van der Waals surface area contributed by atoms with Gasteiger partial charge in [0, 0.05) is 5.41 Å². The molecule has 4 heteroatoms. The quantitative estimate of drug-likeness (QED) is 0.683. The fraction of sp³-hybridized carbons (Fsp3) is 1.00. The second kappa shape index (κ2) is 3.19. The summed E-state index contributed by atoms with van der Waals surface area (Å²) in [6.07, 6.45) is 7.94. The molecule has 0 aromatic carbocycles. The predicted molar refractivity (Wildman–Crippen MR) is 65.2 cm³/mol. The molecule has 6 bridgehead atoms. The molecular weight excluding hydrogens is 244 g/mol. The highest BCUT2D eigenvalue weighted by molar-refractivity contribution is 5.11. The van der Waals surface area contributed by atoms with Gasteiger partial charge in [0.25, 0.3) is 0 Å². The van der Waals surface area contributed by atoms with Crippen LogP contribution in [0.2, 0.25) is 0 Å². The molecule has 0 aromatic rings. The summed E-state index contributed by atoms with van der Waals surface area (Å²) >= 11 is 0. The average molecular weight is 266 g/mol. The first-order valence-electron chi connectivity index (χ1n) is 7.79. The fourth-order valence-corrected chi connectivity index (χ4v) is 6.12. The number of fused-ring (bicyclic) bond motifs is 2. The van der Waals surface area contributed by atoms with E-state index >= 15 is 0 Å². The van der Waals surface area contributed by atoms with Crippen LogP contribution in [0.5, 0.6) is 0 Å². The van der Waals surface area contributed by atoms with Crippen molar-refractivity contribution in [1.82, 2.24) is 0 Å². The first-order valence-corrected chi connectivity index (χ1v) is 7.79. The molecule has 2 heterocycles. The van der Waals surface area contributed by atoms with Gasteiger partial charge in [-0.3, -0.25) is 0 Å². The van der Waals surface area contributed by atoms with E-state index in [1.54, 1.807) is 0 Å². The van der Waals surface area contributed by atoms with Crippen LogP contribution in [-0.4, -0.2) is 11.6 Å². The third-order valence-electron chi connectivity index (χ3n) is 6.80. The molecule has 4 aliphatic carbocycles. The summed E-state index contributed by atoms with van der Waals surface area (Å²) < 4.78 is 0. The second-order valence-corrected chi connectivity index (χ2v) is 7.94. The summed E-state index contributed by atoms with van der Waals surface area (Å²) in [5, 5.41) is 0. The van der Waals surface area contributed by atoms with E-state index in [1.807, 2.05) is 6.92 Å². The van der Waals surface area contributed by atoms with Gasteiger partial charge in [0.1, 0.15) is 0 Å². The van der Waals surface area contributed by atoms with Gasteiger partial charge >= 0.3 is 0 Å². The zero-order valence-electron chi connectivity index (χ0n) is 11.7. The first kappa shape index (κ1) is 11.5. The molecule has 1 unspecified atom stereocenters. The predicted octanol–water partition coefficient (Wildman–Crippen LogP) is 3.18. The number of rotatable bonds is 1. The lowest BCUT2D eigenvalue weighted by Crippen LogP contribution is -2.60. The summed E-state index contributed by atoms with van der Waals surface area (Å²) in [5.41, 5.74) is 0.120. The normalized spacial score (nSPS) is 66.0. The monoisotopic (exact) mass is 266 g/mol. The van der Waals surface area contributed by atoms with Crippen LogP contribution in [0, 0.1) is 29.1 Å². The van der Waals surface area contributed by atoms with Crippen LogP contribution in [-0.2, 0) is 19.6 Å². The van der Waals surface area contributed by atoms with Gasteiger partial charge in [-0.15, -0.1) is 0 Å². The van der Waals surface area contributed by atoms with Gasteiger partial charge in [-0.05, 0) is 63.2 Å². The maximum atomic E-state index is 5.79. The molecule has 4 nitrogen and oxygen atoms in total. The molecule has 6 fully saturated rings. The van der Waals surface area contributed by atoms with Crippen molar-refractivity contribution < 1.29 is 19.6 Å². The SMILES string of the molecule is CC1C2(C)OOC1(C13CC4CC(CC(C4)C1)C3)OO2. The third kappa shape index (κ3) is 1.17. The topological polar surface area (TPSA) is 36.9 Å². The minimum atomic E-state index is -0.719. The van der Waals surface area contributed by atoms with Gasteiger partial charge in [-0.1, -0.05) is 6.92 Å². The zero-order valence-corrected chi connectivity index (χ0v) is 11.7. The highest BCUT2D eigenvalue weighted by Crippen LogP contribution is 2.70. The Morgan fingerprint density at radius 3 is 1.63 bits per heavy atom. The molecule has 0 spiro atoms. The molecule has 2 aliphatic heterocycles. The largest absolute Gasteiger partial charge is 0.247 e. The van der Waals surface area contributed by atoms with Crippen molar-refractivity contribution in [3.63, 3.8) is 0 Å². The molecule has 0 amide bonds. The minimum Gasteiger partial charge on any atom is -0.195 e. The Bertz CT molecular complexity index is 389. The summed E-state index contributed by atoms with van der Waals surface area (Å²) in [5.74, 6) is 1.37. The van der Waals surface area contributed by atoms with E-state index in [-0.39, 0.29) is 11.3 Å². The molecule has 1 atom stereocenters. The Morgan fingerprint density at radius 1 is 0.789 bits per heavy atom. The lowest BCUT2D eigenvalue weighted by Gasteiger charge is -2.60. The standard InChI is InChI=1S/C15H22O4/c1-9-13(2)16-18-15(9,19-17-13)14-6-10-3-11(7-14)5-12(4-10)8-14/h9-12H,3-8H2,1-2H3. The Labute approximate surface area is 113 Å². The molecule has 0 radical (unpaired) electrons. The van der Waals surface area contributed by atoms with Crippen molar-refractivity contribution >= 4 is 0 Å². The zero-order chi connectivity index (χ0) is 12.9. The van der Waals surface area contributed by atoms with Gasteiger partial charge < -0.3 is 0 Å². The highest BCUT2D eigenvalue weighted by Gasteiger charge is 2.76. The van der Waals surface area contributed by atoms with Crippen molar-refractivity contribution in [3.05, 3.63) is 0 Å². The van der Waals surface area contributed by atoms with Crippen LogP contribution in [0.4, 0.5) is 0 Å². The maximum Gasteiger partial charge on any atom is 0.247 e. The summed E-state index contributed by atoms with van der Waals surface area (Å²) in [4.78, 5) is 22.6. The number of hydrogen-bond acceptors (Lipinski definition) is 4. The maximum absolute atomic E-state index is 5.79. The smallest absolute Gasteiger partial charge is 0.195 e.